The number of fused-ring (bicyclic) bond motifs is 4. The van der Waals surface area contributed by atoms with E-state index >= 15 is 0 Å². The molecule has 0 amide bonds. The Hall–Kier alpha value is -6.44. The van der Waals surface area contributed by atoms with Crippen LogP contribution in [0.2, 0.25) is 0 Å². The molecule has 0 aliphatic heterocycles. The minimum absolute atomic E-state index is 0.0390. The first kappa shape index (κ1) is 39.7. The summed E-state index contributed by atoms with van der Waals surface area (Å²) in [4.78, 5) is 2.48. The first-order valence-corrected chi connectivity index (χ1v) is 22.5. The van der Waals surface area contributed by atoms with Crippen molar-refractivity contribution < 1.29 is 0 Å². The first-order valence-electron chi connectivity index (χ1n) is 22.5. The topological polar surface area (TPSA) is 3.24 Å². The van der Waals surface area contributed by atoms with E-state index < -0.39 is 5.41 Å². The fourth-order valence-electron chi connectivity index (χ4n) is 10.6. The monoisotopic (exact) mass is 803 g/mol. The summed E-state index contributed by atoms with van der Waals surface area (Å²) in [7, 11) is 0. The number of hydrogen-bond donors (Lipinski definition) is 0. The molecular weight excluding hydrogens is 747 g/mol. The standard InChI is InChI=1S/C61H57N/c1-58(2,3)45-32-34-49(35-33-45)62(48-23-15-10-16-24-48)57-41-55-52(50-25-17-18-26-53(50)61(55,46-19-11-8-12-20-46)47-21-13-9-14-22-47)40-51(57)43-29-27-42(28-30-43)44-31-36-54-56(39-44)60(6,7)38-37-59(54,4)5/h8-36,39-41H,37-38H2,1-7H3. The summed E-state index contributed by atoms with van der Waals surface area (Å²) in [6.45, 7) is 16.5. The van der Waals surface area contributed by atoms with Crippen LogP contribution in [0.25, 0.3) is 33.4 Å². The molecule has 8 aromatic carbocycles. The Morgan fingerprint density at radius 2 is 0.903 bits per heavy atom. The minimum atomic E-state index is -0.529. The Labute approximate surface area is 369 Å². The summed E-state index contributed by atoms with van der Waals surface area (Å²) >= 11 is 0. The number of para-hydroxylation sites is 1. The molecule has 62 heavy (non-hydrogen) atoms. The van der Waals surface area contributed by atoms with Gasteiger partial charge in [-0.1, -0.05) is 206 Å². The van der Waals surface area contributed by atoms with E-state index in [2.05, 4.69) is 247 Å². The van der Waals surface area contributed by atoms with Gasteiger partial charge < -0.3 is 4.90 Å². The Morgan fingerprint density at radius 3 is 1.52 bits per heavy atom. The van der Waals surface area contributed by atoms with Gasteiger partial charge in [-0.2, -0.15) is 0 Å². The highest BCUT2D eigenvalue weighted by Gasteiger charge is 2.47. The number of anilines is 3. The van der Waals surface area contributed by atoms with Gasteiger partial charge in [0.25, 0.3) is 0 Å². The molecule has 306 valence electrons. The molecule has 0 atom stereocenters. The quantitative estimate of drug-likeness (QED) is 0.155. The van der Waals surface area contributed by atoms with Crippen LogP contribution in [-0.4, -0.2) is 0 Å². The Bertz CT molecular complexity index is 2850. The summed E-state index contributed by atoms with van der Waals surface area (Å²) in [6, 6.07) is 73.1. The van der Waals surface area contributed by atoms with Gasteiger partial charge >= 0.3 is 0 Å². The van der Waals surface area contributed by atoms with Crippen molar-refractivity contribution in [3.05, 3.63) is 233 Å². The van der Waals surface area contributed by atoms with Crippen molar-refractivity contribution in [1.82, 2.24) is 0 Å². The van der Waals surface area contributed by atoms with Gasteiger partial charge in [-0.3, -0.25) is 0 Å². The number of nitrogens with zero attached hydrogens (tertiary/aromatic N) is 1. The molecule has 0 saturated carbocycles. The van der Waals surface area contributed by atoms with Crippen molar-refractivity contribution >= 4 is 17.1 Å². The van der Waals surface area contributed by atoms with Crippen molar-refractivity contribution in [1.29, 1.82) is 0 Å². The van der Waals surface area contributed by atoms with Crippen LogP contribution in [-0.2, 0) is 21.7 Å². The van der Waals surface area contributed by atoms with E-state index in [0.29, 0.717) is 0 Å². The predicted octanol–water partition coefficient (Wildman–Crippen LogP) is 16.5. The third-order valence-corrected chi connectivity index (χ3v) is 14.2. The molecule has 2 aliphatic carbocycles. The average molecular weight is 804 g/mol. The van der Waals surface area contributed by atoms with Gasteiger partial charge in [0.15, 0.2) is 0 Å². The lowest BCUT2D eigenvalue weighted by Gasteiger charge is -2.42. The van der Waals surface area contributed by atoms with Crippen LogP contribution in [0, 0.1) is 0 Å². The largest absolute Gasteiger partial charge is 0.310 e. The molecule has 0 aromatic heterocycles. The Kier molecular flexibility index (Phi) is 9.52. The van der Waals surface area contributed by atoms with Crippen molar-refractivity contribution in [3.63, 3.8) is 0 Å². The van der Waals surface area contributed by atoms with E-state index in [1.807, 2.05) is 0 Å². The SMILES string of the molecule is CC(C)(C)c1ccc(N(c2ccccc2)c2cc3c(cc2-c2ccc(-c4ccc5c(c4)C(C)(C)CCC5(C)C)cc2)-c2ccccc2C3(c2ccccc2)c2ccccc2)cc1. The molecule has 0 radical (unpaired) electrons. The van der Waals surface area contributed by atoms with Crippen LogP contribution in [0.4, 0.5) is 17.1 Å². The van der Waals surface area contributed by atoms with E-state index in [4.69, 9.17) is 0 Å². The maximum Gasteiger partial charge on any atom is 0.0714 e. The highest BCUT2D eigenvalue weighted by Crippen LogP contribution is 2.59. The van der Waals surface area contributed by atoms with Crippen molar-refractivity contribution in [2.75, 3.05) is 4.90 Å². The first-order chi connectivity index (χ1) is 29.9. The van der Waals surface area contributed by atoms with Gasteiger partial charge in [0.1, 0.15) is 0 Å². The van der Waals surface area contributed by atoms with Crippen LogP contribution in [0.15, 0.2) is 194 Å². The third kappa shape index (κ3) is 6.53. The van der Waals surface area contributed by atoms with E-state index in [1.54, 1.807) is 0 Å². The highest BCUT2D eigenvalue weighted by molar-refractivity contribution is 5.97. The lowest BCUT2D eigenvalue weighted by atomic mass is 9.63. The van der Waals surface area contributed by atoms with Crippen LogP contribution >= 0.6 is 0 Å². The zero-order valence-electron chi connectivity index (χ0n) is 37.3. The van der Waals surface area contributed by atoms with Gasteiger partial charge in [-0.15, -0.1) is 0 Å². The van der Waals surface area contributed by atoms with E-state index in [1.165, 1.54) is 85.2 Å². The van der Waals surface area contributed by atoms with Crippen molar-refractivity contribution in [2.45, 2.75) is 83.0 Å². The summed E-state index contributed by atoms with van der Waals surface area (Å²) in [5, 5.41) is 0. The molecular formula is C61H57N. The molecule has 0 N–H and O–H groups in total. The third-order valence-electron chi connectivity index (χ3n) is 14.2. The van der Waals surface area contributed by atoms with Crippen LogP contribution in [0.5, 0.6) is 0 Å². The molecule has 1 heteroatoms. The molecule has 0 unspecified atom stereocenters. The summed E-state index contributed by atoms with van der Waals surface area (Å²) in [6.07, 6.45) is 2.42. The molecule has 8 aromatic rings. The van der Waals surface area contributed by atoms with E-state index in [9.17, 15) is 0 Å². The molecule has 0 saturated heterocycles. The van der Waals surface area contributed by atoms with Crippen LogP contribution < -0.4 is 4.90 Å². The molecule has 0 bridgehead atoms. The second kappa shape index (κ2) is 14.9. The van der Waals surface area contributed by atoms with Gasteiger partial charge in [-0.05, 0) is 132 Å². The number of rotatable bonds is 7. The highest BCUT2D eigenvalue weighted by atomic mass is 15.1. The Morgan fingerprint density at radius 1 is 0.387 bits per heavy atom. The Balaban J connectivity index is 1.23. The molecule has 0 heterocycles. The predicted molar refractivity (Wildman–Crippen MR) is 263 cm³/mol. The van der Waals surface area contributed by atoms with Gasteiger partial charge in [0.2, 0.25) is 0 Å². The maximum absolute atomic E-state index is 2.52. The summed E-state index contributed by atoms with van der Waals surface area (Å²) in [5.41, 5.74) is 20.1. The molecule has 1 nitrogen and oxygen atoms in total. The molecule has 10 rings (SSSR count). The van der Waals surface area contributed by atoms with Crippen molar-refractivity contribution in [2.24, 2.45) is 0 Å². The van der Waals surface area contributed by atoms with Crippen LogP contribution in [0.3, 0.4) is 0 Å². The fourth-order valence-corrected chi connectivity index (χ4v) is 10.6. The summed E-state index contributed by atoms with van der Waals surface area (Å²) in [5.74, 6) is 0. The van der Waals surface area contributed by atoms with Crippen molar-refractivity contribution in [3.8, 4) is 33.4 Å². The molecule has 2 aliphatic rings. The fraction of sp³-hybridized carbons (Fsp3) is 0.213. The molecule has 0 spiro atoms. The second-order valence-corrected chi connectivity index (χ2v) is 20.0. The van der Waals surface area contributed by atoms with Gasteiger partial charge in [0, 0.05) is 16.9 Å². The minimum Gasteiger partial charge on any atom is -0.310 e. The zero-order valence-corrected chi connectivity index (χ0v) is 37.3. The molecule has 0 fully saturated rings. The van der Waals surface area contributed by atoms with E-state index in [0.717, 1.165) is 17.1 Å². The van der Waals surface area contributed by atoms with Gasteiger partial charge in [0.05, 0.1) is 11.1 Å². The smallest absolute Gasteiger partial charge is 0.0714 e. The maximum atomic E-state index is 2.52. The lowest BCUT2D eigenvalue weighted by molar-refractivity contribution is 0.332. The zero-order chi connectivity index (χ0) is 42.9. The average Bonchev–Trinajstić information content (AvgIpc) is 3.58. The second-order valence-electron chi connectivity index (χ2n) is 20.0. The number of hydrogen-bond acceptors (Lipinski definition) is 1. The van der Waals surface area contributed by atoms with E-state index in [-0.39, 0.29) is 16.2 Å². The lowest BCUT2D eigenvalue weighted by Crippen LogP contribution is -2.33. The van der Waals surface area contributed by atoms with Gasteiger partial charge in [-0.25, -0.2) is 0 Å². The summed E-state index contributed by atoms with van der Waals surface area (Å²) < 4.78 is 0. The number of benzene rings is 8. The van der Waals surface area contributed by atoms with Crippen LogP contribution in [0.1, 0.15) is 100 Å². The normalized spacial score (nSPS) is 15.6.